The van der Waals surface area contributed by atoms with Gasteiger partial charge in [-0.25, -0.2) is 4.79 Å². The van der Waals surface area contributed by atoms with Crippen LogP contribution in [0.25, 0.3) is 0 Å². The molecule has 1 amide bonds. The molecule has 3 aromatic rings. The van der Waals surface area contributed by atoms with Crippen molar-refractivity contribution in [2.24, 2.45) is 0 Å². The lowest BCUT2D eigenvalue weighted by Crippen LogP contribution is -2.21. The second-order valence-corrected chi connectivity index (χ2v) is 8.05. The molecule has 0 aliphatic heterocycles. The molecule has 0 radical (unpaired) electrons. The summed E-state index contributed by atoms with van der Waals surface area (Å²) in [4.78, 5) is 26.5. The maximum Gasteiger partial charge on any atom is 0.338 e. The third-order valence-electron chi connectivity index (χ3n) is 4.15. The van der Waals surface area contributed by atoms with Crippen molar-refractivity contribution in [3.63, 3.8) is 0 Å². The Morgan fingerprint density at radius 3 is 2.48 bits per heavy atom. The van der Waals surface area contributed by atoms with E-state index in [-0.39, 0.29) is 6.61 Å². The molecular formula is C23H20ClNO3S. The van der Waals surface area contributed by atoms with E-state index in [0.717, 1.165) is 20.9 Å². The maximum absolute atomic E-state index is 12.3. The lowest BCUT2D eigenvalue weighted by atomic mass is 10.1. The largest absolute Gasteiger partial charge is 0.452 e. The lowest BCUT2D eigenvalue weighted by molar-refractivity contribution is -0.119. The molecule has 0 saturated heterocycles. The fourth-order valence-electron chi connectivity index (χ4n) is 2.64. The summed E-state index contributed by atoms with van der Waals surface area (Å²) >= 11 is 7.44. The van der Waals surface area contributed by atoms with Crippen molar-refractivity contribution >= 4 is 40.9 Å². The molecular weight excluding hydrogens is 406 g/mol. The van der Waals surface area contributed by atoms with Crippen LogP contribution in [0.4, 0.5) is 5.69 Å². The number of rotatable bonds is 6. The minimum Gasteiger partial charge on any atom is -0.452 e. The van der Waals surface area contributed by atoms with Crippen LogP contribution >= 0.6 is 23.4 Å². The first-order chi connectivity index (χ1) is 13.9. The van der Waals surface area contributed by atoms with E-state index in [4.69, 9.17) is 16.3 Å². The van der Waals surface area contributed by atoms with Gasteiger partial charge in [-0.15, -0.1) is 0 Å². The van der Waals surface area contributed by atoms with E-state index in [1.807, 2.05) is 74.5 Å². The van der Waals surface area contributed by atoms with Gasteiger partial charge in [0, 0.05) is 14.8 Å². The van der Waals surface area contributed by atoms with E-state index in [2.05, 4.69) is 5.32 Å². The van der Waals surface area contributed by atoms with Gasteiger partial charge in [-0.3, -0.25) is 4.79 Å². The van der Waals surface area contributed by atoms with Crippen LogP contribution in [0.3, 0.4) is 0 Å². The Bertz CT molecular complexity index is 1030. The summed E-state index contributed by atoms with van der Waals surface area (Å²) in [6, 6.07) is 20.5. The fraction of sp³-hybridized carbons (Fsp3) is 0.130. The Hall–Kier alpha value is -2.76. The highest BCUT2D eigenvalue weighted by molar-refractivity contribution is 7.99. The van der Waals surface area contributed by atoms with Crippen LogP contribution in [0.1, 0.15) is 21.5 Å². The van der Waals surface area contributed by atoms with Crippen molar-refractivity contribution in [2.75, 3.05) is 11.9 Å². The number of anilines is 1. The van der Waals surface area contributed by atoms with Crippen LogP contribution in [0.5, 0.6) is 0 Å². The van der Waals surface area contributed by atoms with Crippen molar-refractivity contribution in [1.82, 2.24) is 0 Å². The van der Waals surface area contributed by atoms with Gasteiger partial charge in [0.1, 0.15) is 0 Å². The van der Waals surface area contributed by atoms with Gasteiger partial charge in [0.2, 0.25) is 0 Å². The molecule has 0 spiro atoms. The number of carbonyl (C=O) groups excluding carboxylic acids is 2. The smallest absolute Gasteiger partial charge is 0.338 e. The van der Waals surface area contributed by atoms with Gasteiger partial charge < -0.3 is 10.1 Å². The number of para-hydroxylation sites is 1. The molecule has 4 nitrogen and oxygen atoms in total. The molecule has 148 valence electrons. The van der Waals surface area contributed by atoms with E-state index >= 15 is 0 Å². The van der Waals surface area contributed by atoms with Gasteiger partial charge in [-0.2, -0.15) is 0 Å². The topological polar surface area (TPSA) is 55.4 Å². The second kappa shape index (κ2) is 9.63. The average molecular weight is 426 g/mol. The molecule has 6 heteroatoms. The van der Waals surface area contributed by atoms with Crippen LogP contribution in [-0.2, 0) is 9.53 Å². The number of ether oxygens (including phenoxy) is 1. The molecule has 0 aliphatic carbocycles. The first-order valence-electron chi connectivity index (χ1n) is 8.99. The molecule has 0 fully saturated rings. The zero-order chi connectivity index (χ0) is 20.8. The standard InChI is InChI=1S/C23H20ClNO3S/c1-15-7-8-16(2)19(13-15)23(27)28-14-22(26)25-20-5-3-4-6-21(20)29-18-11-9-17(24)10-12-18/h3-13H,14H2,1-2H3,(H,25,26). The van der Waals surface area contributed by atoms with Crippen LogP contribution < -0.4 is 5.32 Å². The number of halogens is 1. The van der Waals surface area contributed by atoms with Gasteiger partial charge >= 0.3 is 5.97 Å². The number of esters is 1. The highest BCUT2D eigenvalue weighted by Crippen LogP contribution is 2.33. The highest BCUT2D eigenvalue weighted by atomic mass is 35.5. The highest BCUT2D eigenvalue weighted by Gasteiger charge is 2.14. The zero-order valence-corrected chi connectivity index (χ0v) is 17.6. The van der Waals surface area contributed by atoms with Gasteiger partial charge in [0.25, 0.3) is 5.91 Å². The number of nitrogens with one attached hydrogen (secondary N) is 1. The number of hydrogen-bond donors (Lipinski definition) is 1. The maximum atomic E-state index is 12.3. The van der Waals surface area contributed by atoms with Crippen molar-refractivity contribution in [1.29, 1.82) is 0 Å². The number of carbonyl (C=O) groups is 2. The van der Waals surface area contributed by atoms with Crippen molar-refractivity contribution < 1.29 is 14.3 Å². The van der Waals surface area contributed by atoms with Crippen LogP contribution in [0.15, 0.2) is 76.5 Å². The Morgan fingerprint density at radius 1 is 1.00 bits per heavy atom. The molecule has 0 saturated carbocycles. The van der Waals surface area contributed by atoms with E-state index in [9.17, 15) is 9.59 Å². The normalized spacial score (nSPS) is 10.4. The molecule has 3 rings (SSSR count). The van der Waals surface area contributed by atoms with Gasteiger partial charge in [0.15, 0.2) is 6.61 Å². The predicted octanol–water partition coefficient (Wildman–Crippen LogP) is 5.90. The first kappa shape index (κ1) is 21.0. The van der Waals surface area contributed by atoms with Crippen LogP contribution in [-0.4, -0.2) is 18.5 Å². The third-order valence-corrected chi connectivity index (χ3v) is 5.49. The fourth-order valence-corrected chi connectivity index (χ4v) is 3.67. The van der Waals surface area contributed by atoms with Crippen molar-refractivity contribution in [3.05, 3.63) is 88.4 Å². The number of aryl methyl sites for hydroxylation is 2. The molecule has 0 bridgehead atoms. The van der Waals surface area contributed by atoms with E-state index in [0.29, 0.717) is 16.3 Å². The Balaban J connectivity index is 1.63. The Labute approximate surface area is 179 Å². The molecule has 0 aromatic heterocycles. The predicted molar refractivity (Wildman–Crippen MR) is 117 cm³/mol. The summed E-state index contributed by atoms with van der Waals surface area (Å²) in [6.07, 6.45) is 0. The molecule has 29 heavy (non-hydrogen) atoms. The SMILES string of the molecule is Cc1ccc(C)c(C(=O)OCC(=O)Nc2ccccc2Sc2ccc(Cl)cc2)c1. The Morgan fingerprint density at radius 2 is 1.72 bits per heavy atom. The average Bonchev–Trinajstić information content (AvgIpc) is 2.71. The minimum atomic E-state index is -0.509. The first-order valence-corrected chi connectivity index (χ1v) is 10.2. The summed E-state index contributed by atoms with van der Waals surface area (Å²) in [5.74, 6) is -0.905. The summed E-state index contributed by atoms with van der Waals surface area (Å²) < 4.78 is 5.20. The van der Waals surface area contributed by atoms with Crippen LogP contribution in [0.2, 0.25) is 5.02 Å². The molecule has 0 aliphatic rings. The minimum absolute atomic E-state index is 0.355. The van der Waals surface area contributed by atoms with E-state index in [1.54, 1.807) is 6.07 Å². The second-order valence-electron chi connectivity index (χ2n) is 6.49. The lowest BCUT2D eigenvalue weighted by Gasteiger charge is -2.12. The molecule has 0 heterocycles. The number of hydrogen-bond acceptors (Lipinski definition) is 4. The monoisotopic (exact) mass is 425 g/mol. The van der Waals surface area contributed by atoms with Gasteiger partial charge in [0.05, 0.1) is 11.3 Å². The molecule has 1 N–H and O–H groups in total. The summed E-state index contributed by atoms with van der Waals surface area (Å²) in [5, 5.41) is 3.48. The van der Waals surface area contributed by atoms with Crippen LogP contribution in [0, 0.1) is 13.8 Å². The zero-order valence-electron chi connectivity index (χ0n) is 16.1. The molecule has 0 unspecified atom stereocenters. The van der Waals surface area contributed by atoms with Gasteiger partial charge in [-0.1, -0.05) is 53.2 Å². The van der Waals surface area contributed by atoms with E-state index in [1.165, 1.54) is 11.8 Å². The Kier molecular flexibility index (Phi) is 6.96. The third kappa shape index (κ3) is 5.86. The van der Waals surface area contributed by atoms with Crippen molar-refractivity contribution in [3.8, 4) is 0 Å². The summed E-state index contributed by atoms with van der Waals surface area (Å²) in [6.45, 7) is 3.38. The summed E-state index contributed by atoms with van der Waals surface area (Å²) in [5.41, 5.74) is 2.89. The quantitative estimate of drug-likeness (QED) is 0.499. The van der Waals surface area contributed by atoms with Gasteiger partial charge in [-0.05, 0) is 61.9 Å². The molecule has 0 atom stereocenters. The number of amides is 1. The van der Waals surface area contributed by atoms with E-state index < -0.39 is 11.9 Å². The van der Waals surface area contributed by atoms with Crippen molar-refractivity contribution in [2.45, 2.75) is 23.6 Å². The molecule has 3 aromatic carbocycles. The summed E-state index contributed by atoms with van der Waals surface area (Å²) in [7, 11) is 0. The number of benzene rings is 3.